The number of nitrogens with zero attached hydrogens (tertiary/aromatic N) is 1. The van der Waals surface area contributed by atoms with Crippen LogP contribution in [0.25, 0.3) is 0 Å². The van der Waals surface area contributed by atoms with Gasteiger partial charge < -0.3 is 16.0 Å². The van der Waals surface area contributed by atoms with E-state index >= 15 is 0 Å². The van der Waals surface area contributed by atoms with Crippen molar-refractivity contribution in [1.82, 2.24) is 5.32 Å². The maximum absolute atomic E-state index is 11.8. The minimum atomic E-state index is -0.000790. The van der Waals surface area contributed by atoms with Gasteiger partial charge in [0, 0.05) is 30.8 Å². The molecule has 1 rings (SSSR count). The second-order valence-electron chi connectivity index (χ2n) is 5.03. The molecular weight excluding hydrogens is 262 g/mol. The highest BCUT2D eigenvalue weighted by atomic mass is 35.5. The first-order valence-corrected chi connectivity index (χ1v) is 6.78. The predicted molar refractivity (Wildman–Crippen MR) is 80.5 cm³/mol. The molecule has 0 heterocycles. The van der Waals surface area contributed by atoms with Crippen molar-refractivity contribution in [3.8, 4) is 0 Å². The van der Waals surface area contributed by atoms with E-state index in [-0.39, 0.29) is 5.91 Å². The lowest BCUT2D eigenvalue weighted by molar-refractivity contribution is -0.119. The zero-order valence-electron chi connectivity index (χ0n) is 11.7. The van der Waals surface area contributed by atoms with Crippen LogP contribution in [0.5, 0.6) is 0 Å². The molecule has 5 heteroatoms. The molecular formula is C14H22ClN3O. The first kappa shape index (κ1) is 15.8. The third-order valence-corrected chi connectivity index (χ3v) is 3.00. The van der Waals surface area contributed by atoms with Crippen LogP contribution in [0.3, 0.4) is 0 Å². The molecule has 0 bridgehead atoms. The van der Waals surface area contributed by atoms with Gasteiger partial charge in [-0.2, -0.15) is 0 Å². The van der Waals surface area contributed by atoms with Gasteiger partial charge in [-0.3, -0.25) is 4.79 Å². The van der Waals surface area contributed by atoms with E-state index in [2.05, 4.69) is 19.2 Å². The summed E-state index contributed by atoms with van der Waals surface area (Å²) in [6, 6.07) is 5.53. The molecule has 0 atom stereocenters. The van der Waals surface area contributed by atoms with E-state index in [0.717, 1.165) is 11.3 Å². The van der Waals surface area contributed by atoms with Crippen LogP contribution in [0.1, 0.15) is 19.4 Å². The number of carbonyl (C=O) groups is 1. The fraction of sp³-hybridized carbons (Fsp3) is 0.500. The summed E-state index contributed by atoms with van der Waals surface area (Å²) in [6.07, 6.45) is 0. The molecule has 1 amide bonds. The Labute approximate surface area is 119 Å². The lowest BCUT2D eigenvalue weighted by Gasteiger charge is -2.22. The largest absolute Gasteiger partial charge is 0.365 e. The Balaban J connectivity index is 2.69. The average Bonchev–Trinajstić information content (AvgIpc) is 2.36. The van der Waals surface area contributed by atoms with Crippen molar-refractivity contribution in [2.45, 2.75) is 20.4 Å². The molecule has 0 unspecified atom stereocenters. The summed E-state index contributed by atoms with van der Waals surface area (Å²) in [4.78, 5) is 13.7. The molecule has 19 heavy (non-hydrogen) atoms. The molecule has 0 fully saturated rings. The number of rotatable bonds is 6. The van der Waals surface area contributed by atoms with E-state index in [1.54, 1.807) is 6.07 Å². The zero-order chi connectivity index (χ0) is 14.4. The van der Waals surface area contributed by atoms with Crippen LogP contribution in [0.4, 0.5) is 5.69 Å². The van der Waals surface area contributed by atoms with Gasteiger partial charge in [-0.05, 0) is 23.6 Å². The number of amides is 1. The van der Waals surface area contributed by atoms with Gasteiger partial charge in [0.1, 0.15) is 0 Å². The van der Waals surface area contributed by atoms with E-state index in [1.165, 1.54) is 0 Å². The van der Waals surface area contributed by atoms with Gasteiger partial charge in [0.25, 0.3) is 0 Å². The SMILES string of the molecule is CC(C)CNC(=O)CN(C)c1cc(Cl)ccc1CN. The second-order valence-corrected chi connectivity index (χ2v) is 5.47. The van der Waals surface area contributed by atoms with Crippen molar-refractivity contribution in [2.75, 3.05) is 25.0 Å². The third-order valence-electron chi connectivity index (χ3n) is 2.77. The van der Waals surface area contributed by atoms with E-state index in [1.807, 2.05) is 24.1 Å². The highest BCUT2D eigenvalue weighted by Gasteiger charge is 2.11. The fourth-order valence-electron chi connectivity index (χ4n) is 1.74. The molecule has 0 spiro atoms. The Morgan fingerprint density at radius 2 is 2.16 bits per heavy atom. The maximum Gasteiger partial charge on any atom is 0.239 e. The van der Waals surface area contributed by atoms with Crippen LogP contribution in [0, 0.1) is 5.92 Å². The number of hydrogen-bond donors (Lipinski definition) is 2. The fourth-order valence-corrected chi connectivity index (χ4v) is 1.91. The maximum atomic E-state index is 11.8. The smallest absolute Gasteiger partial charge is 0.239 e. The van der Waals surface area contributed by atoms with Gasteiger partial charge in [-0.1, -0.05) is 31.5 Å². The number of likely N-dealkylation sites (N-methyl/N-ethyl adjacent to an activating group) is 1. The van der Waals surface area contributed by atoms with E-state index in [0.29, 0.717) is 30.6 Å². The van der Waals surface area contributed by atoms with E-state index < -0.39 is 0 Å². The first-order chi connectivity index (χ1) is 8.93. The van der Waals surface area contributed by atoms with Crippen molar-refractivity contribution in [2.24, 2.45) is 11.7 Å². The normalized spacial score (nSPS) is 10.6. The molecule has 0 aromatic heterocycles. The van der Waals surface area contributed by atoms with Crippen LogP contribution in [0.15, 0.2) is 18.2 Å². The molecule has 0 radical (unpaired) electrons. The third kappa shape index (κ3) is 5.09. The monoisotopic (exact) mass is 283 g/mol. The summed E-state index contributed by atoms with van der Waals surface area (Å²) in [5.74, 6) is 0.444. The van der Waals surface area contributed by atoms with Crippen molar-refractivity contribution in [3.63, 3.8) is 0 Å². The first-order valence-electron chi connectivity index (χ1n) is 6.40. The van der Waals surface area contributed by atoms with E-state index in [9.17, 15) is 4.79 Å². The van der Waals surface area contributed by atoms with Gasteiger partial charge in [-0.25, -0.2) is 0 Å². The molecule has 1 aromatic rings. The zero-order valence-corrected chi connectivity index (χ0v) is 12.5. The number of halogens is 1. The summed E-state index contributed by atoms with van der Waals surface area (Å²) in [7, 11) is 1.86. The molecule has 0 saturated heterocycles. The number of carbonyl (C=O) groups excluding carboxylic acids is 1. The molecule has 0 aliphatic carbocycles. The topological polar surface area (TPSA) is 58.4 Å². The highest BCUT2D eigenvalue weighted by Crippen LogP contribution is 2.23. The Kier molecular flexibility index (Phi) is 6.12. The standard InChI is InChI=1S/C14H22ClN3O/c1-10(2)8-17-14(19)9-18(3)13-6-12(15)5-4-11(13)7-16/h4-6,10H,7-9,16H2,1-3H3,(H,17,19). The van der Waals surface area contributed by atoms with Gasteiger partial charge in [0.15, 0.2) is 0 Å². The number of hydrogen-bond acceptors (Lipinski definition) is 3. The quantitative estimate of drug-likeness (QED) is 0.840. The molecule has 0 aliphatic heterocycles. The molecule has 3 N–H and O–H groups in total. The summed E-state index contributed by atoms with van der Waals surface area (Å²) in [5, 5.41) is 3.53. The van der Waals surface area contributed by atoms with Crippen molar-refractivity contribution in [1.29, 1.82) is 0 Å². The molecule has 0 saturated carbocycles. The summed E-state index contributed by atoms with van der Waals surface area (Å²) in [5.41, 5.74) is 7.57. The Morgan fingerprint density at radius 3 is 2.74 bits per heavy atom. The van der Waals surface area contributed by atoms with Crippen molar-refractivity contribution in [3.05, 3.63) is 28.8 Å². The number of benzene rings is 1. The van der Waals surface area contributed by atoms with Crippen LogP contribution in [-0.4, -0.2) is 26.0 Å². The number of nitrogens with two attached hydrogens (primary N) is 1. The summed E-state index contributed by atoms with van der Waals surface area (Å²) in [6.45, 7) is 5.53. The molecule has 1 aromatic carbocycles. The van der Waals surface area contributed by atoms with Gasteiger partial charge in [0.2, 0.25) is 5.91 Å². The van der Waals surface area contributed by atoms with Crippen LogP contribution in [-0.2, 0) is 11.3 Å². The molecule has 0 aliphatic rings. The Bertz CT molecular complexity index is 435. The van der Waals surface area contributed by atoms with E-state index in [4.69, 9.17) is 17.3 Å². The van der Waals surface area contributed by atoms with Gasteiger partial charge in [0.05, 0.1) is 6.54 Å². The number of anilines is 1. The average molecular weight is 284 g/mol. The van der Waals surface area contributed by atoms with Crippen molar-refractivity contribution >= 4 is 23.2 Å². The number of nitrogens with one attached hydrogen (secondary N) is 1. The predicted octanol–water partition coefficient (Wildman–Crippen LogP) is 2.01. The minimum Gasteiger partial charge on any atom is -0.365 e. The Hall–Kier alpha value is -1.26. The lowest BCUT2D eigenvalue weighted by atomic mass is 10.1. The van der Waals surface area contributed by atoms with Crippen LogP contribution in [0.2, 0.25) is 5.02 Å². The molecule has 106 valence electrons. The summed E-state index contributed by atoms with van der Waals surface area (Å²) >= 11 is 5.99. The van der Waals surface area contributed by atoms with Crippen molar-refractivity contribution < 1.29 is 4.79 Å². The molecule has 4 nitrogen and oxygen atoms in total. The van der Waals surface area contributed by atoms with Gasteiger partial charge >= 0.3 is 0 Å². The minimum absolute atomic E-state index is 0.000790. The summed E-state index contributed by atoms with van der Waals surface area (Å²) < 4.78 is 0. The lowest BCUT2D eigenvalue weighted by Crippen LogP contribution is -2.37. The van der Waals surface area contributed by atoms with Crippen LogP contribution < -0.4 is 16.0 Å². The Morgan fingerprint density at radius 1 is 1.47 bits per heavy atom. The second kappa shape index (κ2) is 7.36. The highest BCUT2D eigenvalue weighted by molar-refractivity contribution is 6.30. The van der Waals surface area contributed by atoms with Gasteiger partial charge in [-0.15, -0.1) is 0 Å². The van der Waals surface area contributed by atoms with Crippen LogP contribution >= 0.6 is 11.6 Å².